The summed E-state index contributed by atoms with van der Waals surface area (Å²) in [6, 6.07) is 0. The van der Waals surface area contributed by atoms with Crippen molar-refractivity contribution in [2.75, 3.05) is 26.2 Å². The van der Waals surface area contributed by atoms with Crippen LogP contribution < -0.4 is 5.32 Å². The lowest BCUT2D eigenvalue weighted by Crippen LogP contribution is -2.46. The van der Waals surface area contributed by atoms with Gasteiger partial charge in [-0.1, -0.05) is 0 Å². The topological polar surface area (TPSA) is 32.3 Å². The van der Waals surface area contributed by atoms with Gasteiger partial charge in [-0.05, 0) is 31.2 Å². The Labute approximate surface area is 106 Å². The maximum absolute atomic E-state index is 12.4. The quantitative estimate of drug-likeness (QED) is 0.822. The molecule has 0 aromatic carbocycles. The van der Waals surface area contributed by atoms with E-state index < -0.39 is 0 Å². The second-order valence-electron chi connectivity index (χ2n) is 4.80. The molecule has 0 saturated carbocycles. The molecule has 17 heavy (non-hydrogen) atoms. The third-order valence-corrected chi connectivity index (χ3v) is 4.78. The molecule has 1 N–H and O–H groups in total. The number of nitrogens with one attached hydrogen (secondary N) is 1. The fraction of sp³-hybridized carbons (Fsp3) is 0.615. The van der Waals surface area contributed by atoms with Gasteiger partial charge in [-0.15, -0.1) is 11.3 Å². The molecule has 3 rings (SSSR count). The maximum Gasteiger partial charge on any atom is 0.255 e. The van der Waals surface area contributed by atoms with Crippen molar-refractivity contribution < 1.29 is 4.79 Å². The highest BCUT2D eigenvalue weighted by atomic mass is 32.1. The third kappa shape index (κ3) is 2.11. The minimum absolute atomic E-state index is 0.255. The molecule has 1 aliphatic carbocycles. The van der Waals surface area contributed by atoms with Gasteiger partial charge in [-0.25, -0.2) is 0 Å². The summed E-state index contributed by atoms with van der Waals surface area (Å²) in [6.07, 6.45) is 4.81. The Bertz CT molecular complexity index is 421. The van der Waals surface area contributed by atoms with E-state index in [1.165, 1.54) is 29.7 Å². The van der Waals surface area contributed by atoms with Crippen LogP contribution in [-0.2, 0) is 12.8 Å². The Morgan fingerprint density at radius 1 is 1.24 bits per heavy atom. The summed E-state index contributed by atoms with van der Waals surface area (Å²) in [7, 11) is 0. The van der Waals surface area contributed by atoms with Gasteiger partial charge >= 0.3 is 0 Å². The zero-order chi connectivity index (χ0) is 11.7. The number of hydrogen-bond donors (Lipinski definition) is 1. The van der Waals surface area contributed by atoms with Crippen molar-refractivity contribution >= 4 is 17.2 Å². The number of nitrogens with zero attached hydrogens (tertiary/aromatic N) is 1. The number of fused-ring (bicyclic) bond motifs is 1. The number of hydrogen-bond acceptors (Lipinski definition) is 3. The third-order valence-electron chi connectivity index (χ3n) is 3.70. The molecule has 3 nitrogen and oxygen atoms in total. The Balaban J connectivity index is 1.83. The first-order valence-electron chi connectivity index (χ1n) is 6.45. The van der Waals surface area contributed by atoms with Crippen molar-refractivity contribution in [1.82, 2.24) is 10.2 Å². The molecular formula is C13H18N2OS. The zero-order valence-corrected chi connectivity index (χ0v) is 10.8. The van der Waals surface area contributed by atoms with E-state index >= 15 is 0 Å². The van der Waals surface area contributed by atoms with Gasteiger partial charge in [0, 0.05) is 36.4 Å². The van der Waals surface area contributed by atoms with Gasteiger partial charge in [0.1, 0.15) is 0 Å². The SMILES string of the molecule is O=C(c1csc2c1CCCC2)N1CCNCC1. The van der Waals surface area contributed by atoms with E-state index in [-0.39, 0.29) is 5.91 Å². The first-order valence-corrected chi connectivity index (χ1v) is 7.33. The van der Waals surface area contributed by atoms with Crippen molar-refractivity contribution in [1.29, 1.82) is 0 Å². The van der Waals surface area contributed by atoms with Crippen LogP contribution in [0.25, 0.3) is 0 Å². The van der Waals surface area contributed by atoms with Crippen molar-refractivity contribution in [2.24, 2.45) is 0 Å². The zero-order valence-electron chi connectivity index (χ0n) is 10.00. The average Bonchev–Trinajstić information content (AvgIpc) is 2.83. The molecule has 4 heteroatoms. The van der Waals surface area contributed by atoms with Crippen molar-refractivity contribution in [2.45, 2.75) is 25.7 Å². The smallest absolute Gasteiger partial charge is 0.255 e. The number of piperazine rings is 1. The highest BCUT2D eigenvalue weighted by molar-refractivity contribution is 7.10. The Kier molecular flexibility index (Phi) is 3.16. The molecule has 1 amide bonds. The van der Waals surface area contributed by atoms with E-state index in [9.17, 15) is 4.79 Å². The lowest BCUT2D eigenvalue weighted by atomic mass is 9.95. The first-order chi connectivity index (χ1) is 8.36. The molecule has 1 aliphatic heterocycles. The molecule has 2 heterocycles. The van der Waals surface area contributed by atoms with Gasteiger partial charge in [-0.3, -0.25) is 4.79 Å². The maximum atomic E-state index is 12.4. The Hall–Kier alpha value is -0.870. The summed E-state index contributed by atoms with van der Waals surface area (Å²) in [5, 5.41) is 5.37. The van der Waals surface area contributed by atoms with Crippen LogP contribution in [0.15, 0.2) is 5.38 Å². The van der Waals surface area contributed by atoms with Gasteiger partial charge in [0.2, 0.25) is 0 Å². The Morgan fingerprint density at radius 2 is 2.00 bits per heavy atom. The lowest BCUT2D eigenvalue weighted by molar-refractivity contribution is 0.0735. The molecule has 92 valence electrons. The highest BCUT2D eigenvalue weighted by Crippen LogP contribution is 2.30. The number of rotatable bonds is 1. The van der Waals surface area contributed by atoms with E-state index in [0.717, 1.165) is 38.2 Å². The summed E-state index contributed by atoms with van der Waals surface area (Å²) in [5.74, 6) is 0.255. The Morgan fingerprint density at radius 3 is 2.82 bits per heavy atom. The van der Waals surface area contributed by atoms with Gasteiger partial charge in [0.15, 0.2) is 0 Å². The standard InChI is InChI=1S/C13H18N2OS/c16-13(15-7-5-14-6-8-15)11-9-17-12-4-2-1-3-10(11)12/h9,14H,1-8H2. The van der Waals surface area contributed by atoms with Crippen LogP contribution in [0, 0.1) is 0 Å². The van der Waals surface area contributed by atoms with Crippen LogP contribution in [0.4, 0.5) is 0 Å². The number of amides is 1. The summed E-state index contributed by atoms with van der Waals surface area (Å²) in [5.41, 5.74) is 2.34. The molecule has 1 aromatic heterocycles. The lowest BCUT2D eigenvalue weighted by Gasteiger charge is -2.27. The highest BCUT2D eigenvalue weighted by Gasteiger charge is 2.24. The molecular weight excluding hydrogens is 232 g/mol. The average molecular weight is 250 g/mol. The summed E-state index contributed by atoms with van der Waals surface area (Å²) < 4.78 is 0. The van der Waals surface area contributed by atoms with E-state index in [1.54, 1.807) is 11.3 Å². The summed E-state index contributed by atoms with van der Waals surface area (Å²) >= 11 is 1.78. The fourth-order valence-corrected chi connectivity index (χ4v) is 3.83. The second kappa shape index (κ2) is 4.78. The monoisotopic (exact) mass is 250 g/mol. The first kappa shape index (κ1) is 11.2. The van der Waals surface area contributed by atoms with Gasteiger partial charge < -0.3 is 10.2 Å². The van der Waals surface area contributed by atoms with Crippen LogP contribution >= 0.6 is 11.3 Å². The molecule has 0 radical (unpaired) electrons. The van der Waals surface area contributed by atoms with Gasteiger partial charge in [0.25, 0.3) is 5.91 Å². The van der Waals surface area contributed by atoms with E-state index in [4.69, 9.17) is 0 Å². The van der Waals surface area contributed by atoms with E-state index in [2.05, 4.69) is 10.7 Å². The second-order valence-corrected chi connectivity index (χ2v) is 5.76. The molecule has 2 aliphatic rings. The van der Waals surface area contributed by atoms with Crippen LogP contribution in [0.2, 0.25) is 0 Å². The molecule has 0 spiro atoms. The number of carbonyl (C=O) groups excluding carboxylic acids is 1. The predicted octanol–water partition coefficient (Wildman–Crippen LogP) is 1.67. The van der Waals surface area contributed by atoms with E-state index in [0.29, 0.717) is 0 Å². The fourth-order valence-electron chi connectivity index (χ4n) is 2.71. The van der Waals surface area contributed by atoms with Crippen LogP contribution in [0.3, 0.4) is 0 Å². The molecule has 1 fully saturated rings. The van der Waals surface area contributed by atoms with Gasteiger partial charge in [-0.2, -0.15) is 0 Å². The van der Waals surface area contributed by atoms with Crippen molar-refractivity contribution in [3.05, 3.63) is 21.4 Å². The summed E-state index contributed by atoms with van der Waals surface area (Å²) in [4.78, 5) is 15.9. The van der Waals surface area contributed by atoms with Crippen molar-refractivity contribution in [3.8, 4) is 0 Å². The van der Waals surface area contributed by atoms with E-state index in [1.807, 2.05) is 4.90 Å². The molecule has 0 unspecified atom stereocenters. The van der Waals surface area contributed by atoms with Crippen LogP contribution in [0.5, 0.6) is 0 Å². The number of aryl methyl sites for hydroxylation is 1. The minimum atomic E-state index is 0.255. The molecule has 1 aromatic rings. The molecule has 1 saturated heterocycles. The number of thiophene rings is 1. The minimum Gasteiger partial charge on any atom is -0.336 e. The van der Waals surface area contributed by atoms with Crippen molar-refractivity contribution in [3.63, 3.8) is 0 Å². The molecule has 0 bridgehead atoms. The van der Waals surface area contributed by atoms with Crippen LogP contribution in [-0.4, -0.2) is 37.0 Å². The normalized spacial score (nSPS) is 20.1. The predicted molar refractivity (Wildman–Crippen MR) is 69.7 cm³/mol. The largest absolute Gasteiger partial charge is 0.336 e. The molecule has 0 atom stereocenters. The number of carbonyl (C=O) groups is 1. The van der Waals surface area contributed by atoms with Crippen LogP contribution in [0.1, 0.15) is 33.6 Å². The van der Waals surface area contributed by atoms with Gasteiger partial charge in [0.05, 0.1) is 5.56 Å². The summed E-state index contributed by atoms with van der Waals surface area (Å²) in [6.45, 7) is 3.56.